The van der Waals surface area contributed by atoms with Gasteiger partial charge in [0.05, 0.1) is 5.56 Å². The summed E-state index contributed by atoms with van der Waals surface area (Å²) in [5.74, 6) is -0.218. The Kier molecular flexibility index (Phi) is 5.01. The minimum Gasteiger partial charge on any atom is -0.461 e. The van der Waals surface area contributed by atoms with Crippen LogP contribution >= 0.6 is 0 Å². The van der Waals surface area contributed by atoms with Crippen molar-refractivity contribution in [1.29, 1.82) is 0 Å². The molecule has 1 aliphatic rings. The van der Waals surface area contributed by atoms with E-state index in [-0.39, 0.29) is 5.97 Å². The molecule has 124 valence electrons. The Hall–Kier alpha value is -1.81. The molecule has 0 aliphatic heterocycles. The lowest BCUT2D eigenvalue weighted by Crippen LogP contribution is -2.27. The summed E-state index contributed by atoms with van der Waals surface area (Å²) in [6, 6.07) is 5.87. The summed E-state index contributed by atoms with van der Waals surface area (Å²) in [7, 11) is 0. The van der Waals surface area contributed by atoms with Crippen molar-refractivity contribution in [2.45, 2.75) is 39.5 Å². The summed E-state index contributed by atoms with van der Waals surface area (Å²) in [5.41, 5.74) is 4.53. The van der Waals surface area contributed by atoms with Gasteiger partial charge in [-0.3, -0.25) is 0 Å². The highest BCUT2D eigenvalue weighted by Crippen LogP contribution is 2.29. The number of rotatable bonds is 6. The van der Waals surface area contributed by atoms with Crippen LogP contribution in [0.5, 0.6) is 0 Å². The zero-order valence-electron chi connectivity index (χ0n) is 14.2. The number of fused-ring (bicyclic) bond motifs is 3. The molecule has 1 aromatic carbocycles. The number of nitrogens with one attached hydrogen (secondary N) is 1. The van der Waals surface area contributed by atoms with Gasteiger partial charge in [-0.25, -0.2) is 4.79 Å². The van der Waals surface area contributed by atoms with E-state index in [9.17, 15) is 4.79 Å². The smallest absolute Gasteiger partial charge is 0.338 e. The Morgan fingerprint density at radius 1 is 1.22 bits per heavy atom. The van der Waals surface area contributed by atoms with Crippen LogP contribution in [0.15, 0.2) is 18.2 Å². The van der Waals surface area contributed by atoms with Crippen molar-refractivity contribution in [3.05, 3.63) is 35.0 Å². The van der Waals surface area contributed by atoms with Crippen LogP contribution in [0.25, 0.3) is 10.9 Å². The molecule has 2 aromatic rings. The molecule has 0 atom stereocenters. The summed E-state index contributed by atoms with van der Waals surface area (Å²) in [4.78, 5) is 18.0. The second-order valence-corrected chi connectivity index (χ2v) is 6.21. The first-order valence-electron chi connectivity index (χ1n) is 8.75. The third-order valence-corrected chi connectivity index (χ3v) is 4.87. The fraction of sp³-hybridized carbons (Fsp3) is 0.526. The average molecular weight is 314 g/mol. The van der Waals surface area contributed by atoms with Crippen LogP contribution in [0.4, 0.5) is 0 Å². The number of hydrogen-bond acceptors (Lipinski definition) is 3. The van der Waals surface area contributed by atoms with Crippen LogP contribution in [-0.4, -0.2) is 42.1 Å². The van der Waals surface area contributed by atoms with Gasteiger partial charge < -0.3 is 14.6 Å². The maximum atomic E-state index is 12.3. The van der Waals surface area contributed by atoms with Crippen molar-refractivity contribution >= 4 is 16.9 Å². The molecule has 1 heterocycles. The Morgan fingerprint density at radius 2 is 2.00 bits per heavy atom. The summed E-state index contributed by atoms with van der Waals surface area (Å²) in [6.45, 7) is 7.44. The van der Waals surface area contributed by atoms with E-state index in [1.54, 1.807) is 0 Å². The first-order chi connectivity index (χ1) is 11.2. The van der Waals surface area contributed by atoms with Crippen molar-refractivity contribution in [3.63, 3.8) is 0 Å². The lowest BCUT2D eigenvalue weighted by molar-refractivity contribution is 0.0466. The van der Waals surface area contributed by atoms with E-state index in [0.717, 1.165) is 38.0 Å². The minimum absolute atomic E-state index is 0.218. The topological polar surface area (TPSA) is 45.3 Å². The number of carbonyl (C=O) groups excluding carboxylic acids is 1. The van der Waals surface area contributed by atoms with Gasteiger partial charge in [0, 0.05) is 23.1 Å². The van der Waals surface area contributed by atoms with Crippen molar-refractivity contribution in [2.24, 2.45) is 0 Å². The zero-order valence-corrected chi connectivity index (χ0v) is 14.2. The molecular formula is C19H26N2O2. The second kappa shape index (κ2) is 7.18. The monoisotopic (exact) mass is 314 g/mol. The Balaban J connectivity index is 1.71. The first kappa shape index (κ1) is 16.1. The van der Waals surface area contributed by atoms with Crippen LogP contribution in [0.2, 0.25) is 0 Å². The molecular weight excluding hydrogens is 288 g/mol. The molecule has 0 fully saturated rings. The molecule has 0 unspecified atom stereocenters. The quantitative estimate of drug-likeness (QED) is 0.829. The Bertz CT molecular complexity index is 686. The predicted molar refractivity (Wildman–Crippen MR) is 93.0 cm³/mol. The molecule has 0 amide bonds. The SMILES string of the molecule is CCN(CC)CCOC(=O)c1ccc2[nH]c3c(c2c1)CCCC3. The van der Waals surface area contributed by atoms with E-state index in [1.807, 2.05) is 18.2 Å². The number of H-pyrrole nitrogens is 1. The van der Waals surface area contributed by atoms with Crippen LogP contribution in [0, 0.1) is 0 Å². The average Bonchev–Trinajstić information content (AvgIpc) is 2.96. The van der Waals surface area contributed by atoms with E-state index in [0.29, 0.717) is 12.2 Å². The van der Waals surface area contributed by atoms with Gasteiger partial charge in [0.1, 0.15) is 6.61 Å². The third kappa shape index (κ3) is 3.42. The molecule has 0 spiro atoms. The summed E-state index contributed by atoms with van der Waals surface area (Å²) in [6.07, 6.45) is 4.71. The Labute approximate surface area is 137 Å². The van der Waals surface area contributed by atoms with E-state index < -0.39 is 0 Å². The third-order valence-electron chi connectivity index (χ3n) is 4.87. The standard InChI is InChI=1S/C19H26N2O2/c1-3-21(4-2)11-12-23-19(22)14-9-10-18-16(13-14)15-7-5-6-8-17(15)20-18/h9-10,13,20H,3-8,11-12H2,1-2H3. The number of aromatic nitrogens is 1. The number of esters is 1. The molecule has 23 heavy (non-hydrogen) atoms. The van der Waals surface area contributed by atoms with E-state index in [4.69, 9.17) is 4.74 Å². The maximum Gasteiger partial charge on any atom is 0.338 e. The molecule has 0 radical (unpaired) electrons. The molecule has 1 N–H and O–H groups in total. The number of aromatic amines is 1. The van der Waals surface area contributed by atoms with Gasteiger partial charge in [-0.2, -0.15) is 0 Å². The maximum absolute atomic E-state index is 12.3. The Morgan fingerprint density at radius 3 is 2.78 bits per heavy atom. The number of likely N-dealkylation sites (N-methyl/N-ethyl adjacent to an activating group) is 1. The van der Waals surface area contributed by atoms with E-state index in [2.05, 4.69) is 23.7 Å². The predicted octanol–water partition coefficient (Wildman–Crippen LogP) is 3.55. The van der Waals surface area contributed by atoms with Crippen molar-refractivity contribution in [2.75, 3.05) is 26.2 Å². The minimum atomic E-state index is -0.218. The van der Waals surface area contributed by atoms with E-state index in [1.165, 1.54) is 29.5 Å². The lowest BCUT2D eigenvalue weighted by Gasteiger charge is -2.17. The second-order valence-electron chi connectivity index (χ2n) is 6.21. The number of ether oxygens (including phenoxy) is 1. The normalized spacial score (nSPS) is 14.2. The summed E-state index contributed by atoms with van der Waals surface area (Å²) >= 11 is 0. The highest BCUT2D eigenvalue weighted by Gasteiger charge is 2.17. The zero-order chi connectivity index (χ0) is 16.2. The first-order valence-corrected chi connectivity index (χ1v) is 8.75. The highest BCUT2D eigenvalue weighted by molar-refractivity contribution is 5.96. The molecule has 3 rings (SSSR count). The van der Waals surface area contributed by atoms with Gasteiger partial charge >= 0.3 is 5.97 Å². The van der Waals surface area contributed by atoms with Crippen LogP contribution in [0.3, 0.4) is 0 Å². The van der Waals surface area contributed by atoms with Gasteiger partial charge in [-0.1, -0.05) is 13.8 Å². The fourth-order valence-electron chi connectivity index (χ4n) is 3.42. The molecule has 0 saturated carbocycles. The number of benzene rings is 1. The van der Waals surface area contributed by atoms with Gasteiger partial charge in [0.2, 0.25) is 0 Å². The highest BCUT2D eigenvalue weighted by atomic mass is 16.5. The number of carbonyl (C=O) groups is 1. The van der Waals surface area contributed by atoms with Crippen molar-refractivity contribution in [1.82, 2.24) is 9.88 Å². The number of hydrogen-bond donors (Lipinski definition) is 1. The fourth-order valence-corrected chi connectivity index (χ4v) is 3.42. The molecule has 0 bridgehead atoms. The molecule has 4 heteroatoms. The number of nitrogens with zero attached hydrogens (tertiary/aromatic N) is 1. The van der Waals surface area contributed by atoms with Gasteiger partial charge in [0.15, 0.2) is 0 Å². The van der Waals surface area contributed by atoms with Gasteiger partial charge in [-0.05, 0) is 62.5 Å². The van der Waals surface area contributed by atoms with Crippen molar-refractivity contribution < 1.29 is 9.53 Å². The number of aryl methyl sites for hydroxylation is 2. The molecule has 1 aromatic heterocycles. The summed E-state index contributed by atoms with van der Waals surface area (Å²) in [5, 5.41) is 1.19. The van der Waals surface area contributed by atoms with E-state index >= 15 is 0 Å². The molecule has 0 saturated heterocycles. The van der Waals surface area contributed by atoms with Gasteiger partial charge in [0.25, 0.3) is 0 Å². The largest absolute Gasteiger partial charge is 0.461 e. The van der Waals surface area contributed by atoms with Crippen LogP contribution in [0.1, 0.15) is 48.3 Å². The lowest BCUT2D eigenvalue weighted by atomic mass is 9.95. The van der Waals surface area contributed by atoms with Crippen molar-refractivity contribution in [3.8, 4) is 0 Å². The molecule has 4 nitrogen and oxygen atoms in total. The van der Waals surface area contributed by atoms with Crippen LogP contribution in [-0.2, 0) is 17.6 Å². The summed E-state index contributed by atoms with van der Waals surface area (Å²) < 4.78 is 5.44. The molecule has 1 aliphatic carbocycles. The van der Waals surface area contributed by atoms with Crippen LogP contribution < -0.4 is 0 Å². The van der Waals surface area contributed by atoms with Gasteiger partial charge in [-0.15, -0.1) is 0 Å².